The second-order valence-electron chi connectivity index (χ2n) is 10.9. The molecule has 6 atom stereocenters. The van der Waals surface area contributed by atoms with Crippen LogP contribution in [0.15, 0.2) is 60.9 Å². The number of fused-ring (bicyclic) bond motifs is 1. The van der Waals surface area contributed by atoms with Crippen LogP contribution >= 0.6 is 0 Å². The molecule has 1 saturated heterocycles. The van der Waals surface area contributed by atoms with Crippen molar-refractivity contribution in [3.8, 4) is 34.5 Å². The summed E-state index contributed by atoms with van der Waals surface area (Å²) in [7, 11) is 1.50. The number of rotatable bonds is 9. The summed E-state index contributed by atoms with van der Waals surface area (Å²) < 4.78 is 28.7. The van der Waals surface area contributed by atoms with Crippen molar-refractivity contribution in [2.24, 2.45) is 0 Å². The maximum absolute atomic E-state index is 12.4. The molecule has 0 spiro atoms. The van der Waals surface area contributed by atoms with Crippen molar-refractivity contribution in [3.05, 3.63) is 88.7 Å². The van der Waals surface area contributed by atoms with E-state index in [2.05, 4.69) is 6.58 Å². The molecule has 2 aliphatic rings. The van der Waals surface area contributed by atoms with Gasteiger partial charge in [0.1, 0.15) is 59.8 Å². The minimum absolute atomic E-state index is 0.0166. The van der Waals surface area contributed by atoms with Gasteiger partial charge in [0.15, 0.2) is 17.6 Å². The van der Waals surface area contributed by atoms with Gasteiger partial charge in [-0.05, 0) is 60.0 Å². The predicted octanol–water partition coefficient (Wildman–Crippen LogP) is 3.02. The minimum atomic E-state index is -1.78. The standard InChI is InChI=1S/C34H34O13/c1-4-18-10-19(11-25(43-3)16(18)2)33-27(14-21-23(37)12-20(35)13-26(21)45-33)46-34-32(42)31(41)30(40)28(47-34)15-44-29(39)8-6-17-5-7-22(36)24(38)9-17/h4-14,28,30-38,40-42H,1,15H2,2-3H3/b8-6+/t28-,30-,31+,32-,33?,34-/m1/s1. The molecular weight excluding hydrogens is 616 g/mol. The van der Waals surface area contributed by atoms with E-state index in [1.807, 2.05) is 6.92 Å². The maximum atomic E-state index is 12.4. The Hall–Kier alpha value is -5.21. The molecule has 1 unspecified atom stereocenters. The Balaban J connectivity index is 1.39. The molecule has 2 aliphatic heterocycles. The highest BCUT2D eigenvalue weighted by Gasteiger charge is 2.46. The van der Waals surface area contributed by atoms with Gasteiger partial charge in [-0.2, -0.15) is 0 Å². The van der Waals surface area contributed by atoms with E-state index >= 15 is 0 Å². The Kier molecular flexibility index (Phi) is 9.63. The van der Waals surface area contributed by atoms with E-state index < -0.39 is 49.4 Å². The zero-order valence-corrected chi connectivity index (χ0v) is 25.3. The average molecular weight is 651 g/mol. The van der Waals surface area contributed by atoms with E-state index in [0.29, 0.717) is 16.9 Å². The van der Waals surface area contributed by atoms with Crippen molar-refractivity contribution < 1.29 is 64.2 Å². The summed E-state index contributed by atoms with van der Waals surface area (Å²) in [5, 5.41) is 71.8. The molecule has 0 amide bonds. The summed E-state index contributed by atoms with van der Waals surface area (Å²) in [6.07, 6.45) is -3.81. The van der Waals surface area contributed by atoms with Gasteiger partial charge in [-0.1, -0.05) is 18.7 Å². The van der Waals surface area contributed by atoms with Gasteiger partial charge in [0.2, 0.25) is 6.29 Å². The first kappa shape index (κ1) is 33.2. The molecule has 13 heteroatoms. The number of ether oxygens (including phenoxy) is 5. The van der Waals surface area contributed by atoms with E-state index in [4.69, 9.17) is 23.7 Å². The maximum Gasteiger partial charge on any atom is 0.330 e. The lowest BCUT2D eigenvalue weighted by Gasteiger charge is -2.41. The fraction of sp³-hybridized carbons (Fsp3) is 0.265. The van der Waals surface area contributed by atoms with Crippen LogP contribution < -0.4 is 9.47 Å². The topological polar surface area (TPSA) is 205 Å². The molecule has 3 aromatic carbocycles. The van der Waals surface area contributed by atoms with Gasteiger partial charge in [0.05, 0.1) is 12.7 Å². The van der Waals surface area contributed by atoms with Crippen molar-refractivity contribution in [1.82, 2.24) is 0 Å². The summed E-state index contributed by atoms with van der Waals surface area (Å²) >= 11 is 0. The Morgan fingerprint density at radius 2 is 1.72 bits per heavy atom. The van der Waals surface area contributed by atoms with Crippen molar-refractivity contribution in [2.75, 3.05) is 13.7 Å². The summed E-state index contributed by atoms with van der Waals surface area (Å²) in [6, 6.07) is 9.82. The number of aliphatic hydroxyl groups excluding tert-OH is 3. The van der Waals surface area contributed by atoms with Crippen LogP contribution in [0.4, 0.5) is 0 Å². The Bertz CT molecular complexity index is 1730. The molecule has 0 radical (unpaired) electrons. The SMILES string of the molecule is C=Cc1cc(C2Oc3cc(O)cc(O)c3C=C2O[C@@H]2O[C@H](COC(=O)/C=C/c3ccc(O)c(O)c3)[C@@H](O)[C@H](O)[C@H]2O)cc(OC)c1C. The van der Waals surface area contributed by atoms with Crippen molar-refractivity contribution in [3.63, 3.8) is 0 Å². The normalized spacial score (nSPS) is 23.7. The van der Waals surface area contributed by atoms with E-state index in [0.717, 1.165) is 23.3 Å². The van der Waals surface area contributed by atoms with Crippen LogP contribution in [0.2, 0.25) is 0 Å². The number of aliphatic hydroxyl groups is 3. The van der Waals surface area contributed by atoms with Gasteiger partial charge in [-0.25, -0.2) is 4.79 Å². The Morgan fingerprint density at radius 3 is 2.43 bits per heavy atom. The third-order valence-electron chi connectivity index (χ3n) is 7.78. The molecular formula is C34H34O13. The van der Waals surface area contributed by atoms with E-state index in [1.165, 1.54) is 43.5 Å². The summed E-state index contributed by atoms with van der Waals surface area (Å²) in [6.45, 7) is 5.15. The summed E-state index contributed by atoms with van der Waals surface area (Å²) in [5.74, 6) is -1.47. The summed E-state index contributed by atoms with van der Waals surface area (Å²) in [5.41, 5.74) is 2.58. The second-order valence-corrected chi connectivity index (χ2v) is 10.9. The largest absolute Gasteiger partial charge is 0.508 e. The molecule has 0 saturated carbocycles. The average Bonchev–Trinajstić information content (AvgIpc) is 3.05. The van der Waals surface area contributed by atoms with Crippen molar-refractivity contribution >= 4 is 24.2 Å². The molecule has 0 bridgehead atoms. The molecule has 7 N–H and O–H groups in total. The molecule has 248 valence electrons. The van der Waals surface area contributed by atoms with Gasteiger partial charge < -0.3 is 59.4 Å². The van der Waals surface area contributed by atoms with Gasteiger partial charge >= 0.3 is 5.97 Å². The van der Waals surface area contributed by atoms with Crippen LogP contribution in [-0.4, -0.2) is 86.1 Å². The van der Waals surface area contributed by atoms with Gasteiger partial charge in [-0.15, -0.1) is 0 Å². The van der Waals surface area contributed by atoms with E-state index in [1.54, 1.807) is 18.2 Å². The monoisotopic (exact) mass is 650 g/mol. The van der Waals surface area contributed by atoms with Crippen molar-refractivity contribution in [1.29, 1.82) is 0 Å². The number of aromatic hydroxyl groups is 4. The number of carbonyl (C=O) groups excluding carboxylic acids is 1. The molecule has 0 aliphatic carbocycles. The molecule has 13 nitrogen and oxygen atoms in total. The number of benzene rings is 3. The predicted molar refractivity (Wildman–Crippen MR) is 166 cm³/mol. The van der Waals surface area contributed by atoms with Gasteiger partial charge in [-0.3, -0.25) is 0 Å². The fourth-order valence-electron chi connectivity index (χ4n) is 5.18. The Labute approximate surface area is 269 Å². The third kappa shape index (κ3) is 6.98. The van der Waals surface area contributed by atoms with E-state index in [9.17, 15) is 40.5 Å². The fourth-order valence-corrected chi connectivity index (χ4v) is 5.18. The van der Waals surface area contributed by atoms with Crippen LogP contribution in [0.5, 0.6) is 34.5 Å². The second kappa shape index (κ2) is 13.6. The molecule has 2 heterocycles. The van der Waals surface area contributed by atoms with Crippen LogP contribution in [0.3, 0.4) is 0 Å². The molecule has 5 rings (SSSR count). The number of methoxy groups -OCH3 is 1. The quantitative estimate of drug-likeness (QED) is 0.101. The number of hydrogen-bond acceptors (Lipinski definition) is 13. The molecule has 47 heavy (non-hydrogen) atoms. The highest BCUT2D eigenvalue weighted by molar-refractivity contribution is 5.87. The lowest BCUT2D eigenvalue weighted by Crippen LogP contribution is -2.59. The highest BCUT2D eigenvalue weighted by atomic mass is 16.7. The number of phenolic OH excluding ortho intramolecular Hbond substituents is 4. The lowest BCUT2D eigenvalue weighted by molar-refractivity contribution is -0.294. The Morgan fingerprint density at radius 1 is 0.957 bits per heavy atom. The third-order valence-corrected chi connectivity index (χ3v) is 7.78. The number of esters is 1. The first-order valence-corrected chi connectivity index (χ1v) is 14.4. The first-order valence-electron chi connectivity index (χ1n) is 14.4. The zero-order chi connectivity index (χ0) is 34.0. The molecule has 3 aromatic rings. The van der Waals surface area contributed by atoms with Crippen LogP contribution in [-0.2, 0) is 19.0 Å². The van der Waals surface area contributed by atoms with Gasteiger partial charge in [0.25, 0.3) is 0 Å². The van der Waals surface area contributed by atoms with Crippen LogP contribution in [0, 0.1) is 6.92 Å². The zero-order valence-electron chi connectivity index (χ0n) is 25.3. The van der Waals surface area contributed by atoms with Crippen LogP contribution in [0.1, 0.15) is 33.9 Å². The van der Waals surface area contributed by atoms with E-state index in [-0.39, 0.29) is 40.1 Å². The first-order chi connectivity index (χ1) is 22.4. The number of hydrogen-bond donors (Lipinski definition) is 7. The lowest BCUT2D eigenvalue weighted by atomic mass is 9.96. The number of phenols is 4. The number of carbonyl (C=O) groups is 1. The molecule has 0 aromatic heterocycles. The molecule has 1 fully saturated rings. The minimum Gasteiger partial charge on any atom is -0.508 e. The van der Waals surface area contributed by atoms with Crippen molar-refractivity contribution in [2.45, 2.75) is 43.7 Å². The highest BCUT2D eigenvalue weighted by Crippen LogP contribution is 2.45. The smallest absolute Gasteiger partial charge is 0.330 e. The summed E-state index contributed by atoms with van der Waals surface area (Å²) in [4.78, 5) is 12.4. The van der Waals surface area contributed by atoms with Gasteiger partial charge in [0, 0.05) is 23.8 Å². The van der Waals surface area contributed by atoms with Crippen LogP contribution in [0.25, 0.3) is 18.2 Å².